The van der Waals surface area contributed by atoms with Gasteiger partial charge in [0.25, 0.3) is 0 Å². The Morgan fingerprint density at radius 2 is 2.05 bits per heavy atom. The van der Waals surface area contributed by atoms with Crippen LogP contribution in [0.15, 0.2) is 35.7 Å². The summed E-state index contributed by atoms with van der Waals surface area (Å²) in [5.41, 5.74) is 7.04. The summed E-state index contributed by atoms with van der Waals surface area (Å²) >= 11 is 1.75. The summed E-state index contributed by atoms with van der Waals surface area (Å²) in [6.07, 6.45) is 0.859. The summed E-state index contributed by atoms with van der Waals surface area (Å²) in [6.45, 7) is 0.626. The van der Waals surface area contributed by atoms with Crippen LogP contribution in [0.4, 0.5) is 0 Å². The van der Waals surface area contributed by atoms with Crippen molar-refractivity contribution < 1.29 is 9.47 Å². The standard InChI is InChI=1S/C15H19NO2S/c1-17-13-5-6-14(18-2)11(9-13)8-12(10-16)15-4-3-7-19-15/h3-7,9,12H,8,10,16H2,1-2H3. The van der Waals surface area contributed by atoms with E-state index in [9.17, 15) is 0 Å². The van der Waals surface area contributed by atoms with Crippen LogP contribution in [0.5, 0.6) is 11.5 Å². The molecule has 0 bridgehead atoms. The maximum Gasteiger partial charge on any atom is 0.122 e. The second kappa shape index (κ2) is 6.59. The first-order valence-electron chi connectivity index (χ1n) is 6.22. The van der Waals surface area contributed by atoms with Crippen LogP contribution in [0, 0.1) is 0 Å². The Bertz CT molecular complexity index is 511. The Morgan fingerprint density at radius 1 is 1.21 bits per heavy atom. The second-order valence-corrected chi connectivity index (χ2v) is 5.31. The van der Waals surface area contributed by atoms with Crippen LogP contribution < -0.4 is 15.2 Å². The molecule has 0 aliphatic carbocycles. The van der Waals surface area contributed by atoms with Crippen molar-refractivity contribution in [1.29, 1.82) is 0 Å². The van der Waals surface area contributed by atoms with Gasteiger partial charge >= 0.3 is 0 Å². The van der Waals surface area contributed by atoms with E-state index < -0.39 is 0 Å². The predicted octanol–water partition coefficient (Wildman–Crippen LogP) is 3.05. The molecule has 1 aromatic carbocycles. The SMILES string of the molecule is COc1ccc(OC)c(CC(CN)c2cccs2)c1. The molecule has 2 aromatic rings. The quantitative estimate of drug-likeness (QED) is 0.882. The maximum absolute atomic E-state index is 5.91. The predicted molar refractivity (Wildman–Crippen MR) is 79.4 cm³/mol. The highest BCUT2D eigenvalue weighted by molar-refractivity contribution is 7.10. The zero-order chi connectivity index (χ0) is 13.7. The molecule has 1 atom stereocenters. The number of thiophene rings is 1. The third-order valence-corrected chi connectivity index (χ3v) is 4.22. The van der Waals surface area contributed by atoms with Gasteiger partial charge < -0.3 is 15.2 Å². The molecule has 0 amide bonds. The lowest BCUT2D eigenvalue weighted by Crippen LogP contribution is -2.14. The molecule has 0 fully saturated rings. The van der Waals surface area contributed by atoms with Gasteiger partial charge in [-0.2, -0.15) is 0 Å². The Morgan fingerprint density at radius 3 is 2.63 bits per heavy atom. The van der Waals surface area contributed by atoms with Gasteiger partial charge in [-0.3, -0.25) is 0 Å². The minimum absolute atomic E-state index is 0.320. The topological polar surface area (TPSA) is 44.5 Å². The molecular weight excluding hydrogens is 258 g/mol. The van der Waals surface area contributed by atoms with Crippen molar-refractivity contribution in [3.63, 3.8) is 0 Å². The zero-order valence-electron chi connectivity index (χ0n) is 11.3. The molecule has 4 heteroatoms. The van der Waals surface area contributed by atoms with E-state index in [2.05, 4.69) is 17.5 Å². The molecule has 0 saturated heterocycles. The van der Waals surface area contributed by atoms with Crippen molar-refractivity contribution in [2.75, 3.05) is 20.8 Å². The summed E-state index contributed by atoms with van der Waals surface area (Å²) in [5, 5.41) is 2.08. The molecule has 3 nitrogen and oxygen atoms in total. The van der Waals surface area contributed by atoms with E-state index in [1.54, 1.807) is 25.6 Å². The second-order valence-electron chi connectivity index (χ2n) is 4.33. The Balaban J connectivity index is 2.25. The zero-order valence-corrected chi connectivity index (χ0v) is 12.1. The van der Waals surface area contributed by atoms with Crippen LogP contribution in [0.1, 0.15) is 16.4 Å². The van der Waals surface area contributed by atoms with Gasteiger partial charge in [0.15, 0.2) is 0 Å². The van der Waals surface area contributed by atoms with E-state index in [-0.39, 0.29) is 0 Å². The summed E-state index contributed by atoms with van der Waals surface area (Å²) in [5.74, 6) is 2.05. The molecule has 0 saturated carbocycles. The maximum atomic E-state index is 5.91. The summed E-state index contributed by atoms with van der Waals surface area (Å²) in [4.78, 5) is 1.31. The molecule has 1 aromatic heterocycles. The largest absolute Gasteiger partial charge is 0.497 e. The van der Waals surface area contributed by atoms with E-state index in [0.29, 0.717) is 12.5 Å². The van der Waals surface area contributed by atoms with Gasteiger partial charge in [-0.15, -0.1) is 11.3 Å². The molecule has 0 radical (unpaired) electrons. The van der Waals surface area contributed by atoms with Crippen LogP contribution in [-0.2, 0) is 6.42 Å². The van der Waals surface area contributed by atoms with Crippen molar-refractivity contribution in [1.82, 2.24) is 0 Å². The third kappa shape index (κ3) is 3.28. The molecule has 0 aliphatic rings. The van der Waals surface area contributed by atoms with Crippen LogP contribution in [0.2, 0.25) is 0 Å². The first-order chi connectivity index (χ1) is 9.28. The summed E-state index contributed by atoms with van der Waals surface area (Å²) < 4.78 is 10.7. The minimum Gasteiger partial charge on any atom is -0.497 e. The van der Waals surface area contributed by atoms with Gasteiger partial charge in [-0.25, -0.2) is 0 Å². The highest BCUT2D eigenvalue weighted by atomic mass is 32.1. The molecule has 2 N–H and O–H groups in total. The third-order valence-electron chi connectivity index (χ3n) is 3.18. The molecule has 1 heterocycles. The number of nitrogens with two attached hydrogens (primary N) is 1. The fourth-order valence-electron chi connectivity index (χ4n) is 2.13. The van der Waals surface area contributed by atoms with Crippen molar-refractivity contribution in [3.05, 3.63) is 46.2 Å². The average molecular weight is 277 g/mol. The number of rotatable bonds is 6. The number of hydrogen-bond acceptors (Lipinski definition) is 4. The van der Waals surface area contributed by atoms with Gasteiger partial charge in [-0.1, -0.05) is 6.07 Å². The van der Waals surface area contributed by atoms with Crippen LogP contribution in [0.25, 0.3) is 0 Å². The van der Waals surface area contributed by atoms with E-state index in [0.717, 1.165) is 23.5 Å². The normalized spacial score (nSPS) is 12.2. The lowest BCUT2D eigenvalue weighted by Gasteiger charge is -2.16. The van der Waals surface area contributed by atoms with Crippen molar-refractivity contribution in [2.45, 2.75) is 12.3 Å². The highest BCUT2D eigenvalue weighted by Gasteiger charge is 2.15. The summed E-state index contributed by atoms with van der Waals surface area (Å²) in [6, 6.07) is 10.1. The van der Waals surface area contributed by atoms with Gasteiger partial charge in [0, 0.05) is 17.3 Å². The van der Waals surface area contributed by atoms with Gasteiger partial charge in [0.1, 0.15) is 11.5 Å². The average Bonchev–Trinajstić information content (AvgIpc) is 2.98. The molecule has 0 aliphatic heterocycles. The smallest absolute Gasteiger partial charge is 0.122 e. The Labute approximate surface area is 118 Å². The van der Waals surface area contributed by atoms with Gasteiger partial charge in [0.05, 0.1) is 14.2 Å². The first-order valence-corrected chi connectivity index (χ1v) is 7.10. The molecule has 102 valence electrons. The van der Waals surface area contributed by atoms with Crippen LogP contribution in [-0.4, -0.2) is 20.8 Å². The lowest BCUT2D eigenvalue weighted by molar-refractivity contribution is 0.397. The minimum atomic E-state index is 0.320. The van der Waals surface area contributed by atoms with Crippen molar-refractivity contribution >= 4 is 11.3 Å². The summed E-state index contributed by atoms with van der Waals surface area (Å²) in [7, 11) is 3.36. The molecular formula is C15H19NO2S. The molecule has 19 heavy (non-hydrogen) atoms. The van der Waals surface area contributed by atoms with E-state index >= 15 is 0 Å². The van der Waals surface area contributed by atoms with E-state index in [1.165, 1.54) is 4.88 Å². The monoisotopic (exact) mass is 277 g/mol. The van der Waals surface area contributed by atoms with E-state index in [1.807, 2.05) is 18.2 Å². The van der Waals surface area contributed by atoms with Crippen molar-refractivity contribution in [2.24, 2.45) is 5.73 Å². The van der Waals surface area contributed by atoms with E-state index in [4.69, 9.17) is 15.2 Å². The van der Waals surface area contributed by atoms with Gasteiger partial charge in [-0.05, 0) is 41.6 Å². The van der Waals surface area contributed by atoms with Crippen LogP contribution >= 0.6 is 11.3 Å². The highest BCUT2D eigenvalue weighted by Crippen LogP contribution is 2.30. The molecule has 1 unspecified atom stereocenters. The number of hydrogen-bond donors (Lipinski definition) is 1. The number of ether oxygens (including phenoxy) is 2. The fourth-order valence-corrected chi connectivity index (χ4v) is 2.97. The fraction of sp³-hybridized carbons (Fsp3) is 0.333. The number of benzene rings is 1. The molecule has 0 spiro atoms. The van der Waals surface area contributed by atoms with Crippen molar-refractivity contribution in [3.8, 4) is 11.5 Å². The number of methoxy groups -OCH3 is 2. The lowest BCUT2D eigenvalue weighted by atomic mass is 9.97. The van der Waals surface area contributed by atoms with Gasteiger partial charge in [0.2, 0.25) is 0 Å². The Hall–Kier alpha value is -1.52. The Kier molecular flexibility index (Phi) is 4.82. The van der Waals surface area contributed by atoms with Crippen LogP contribution in [0.3, 0.4) is 0 Å². The first kappa shape index (κ1) is 13.9. The molecule has 2 rings (SSSR count).